The van der Waals surface area contributed by atoms with Crippen LogP contribution in [0.25, 0.3) is 0 Å². The van der Waals surface area contributed by atoms with Crippen molar-refractivity contribution in [3.63, 3.8) is 0 Å². The van der Waals surface area contributed by atoms with Crippen LogP contribution in [0.4, 0.5) is 5.69 Å². The van der Waals surface area contributed by atoms with Gasteiger partial charge in [-0.05, 0) is 25.5 Å². The van der Waals surface area contributed by atoms with Gasteiger partial charge in [-0.2, -0.15) is 0 Å². The summed E-state index contributed by atoms with van der Waals surface area (Å²) in [5.41, 5.74) is 0.465. The zero-order chi connectivity index (χ0) is 15.6. The number of hydrogen-bond donors (Lipinski definition) is 1. The molecular weight excluding hydrogens is 292 g/mol. The number of ether oxygens (including phenoxy) is 1. The minimum Gasteiger partial charge on any atom is -0.476 e. The molecule has 0 unspecified atom stereocenters. The Morgan fingerprint density at radius 1 is 1.48 bits per heavy atom. The van der Waals surface area contributed by atoms with E-state index in [1.54, 1.807) is 24.3 Å². The third-order valence-corrected chi connectivity index (χ3v) is 4.58. The van der Waals surface area contributed by atoms with E-state index in [-0.39, 0.29) is 18.5 Å². The quantitative estimate of drug-likeness (QED) is 0.904. The van der Waals surface area contributed by atoms with Gasteiger partial charge in [0, 0.05) is 6.04 Å². The third kappa shape index (κ3) is 3.47. The summed E-state index contributed by atoms with van der Waals surface area (Å²) in [5.74, 6) is 0.103. The number of para-hydroxylation sites is 2. The molecule has 0 aromatic heterocycles. The van der Waals surface area contributed by atoms with Gasteiger partial charge in [-0.15, -0.1) is 0 Å². The number of amides is 1. The van der Waals surface area contributed by atoms with E-state index in [1.807, 2.05) is 13.8 Å². The van der Waals surface area contributed by atoms with Crippen molar-refractivity contribution in [2.24, 2.45) is 0 Å². The summed E-state index contributed by atoms with van der Waals surface area (Å²) in [6.07, 6.45) is 1.08. The van der Waals surface area contributed by atoms with Gasteiger partial charge in [0.2, 0.25) is 10.0 Å². The molecule has 6 nitrogen and oxygen atoms in total. The second kappa shape index (κ2) is 5.93. The summed E-state index contributed by atoms with van der Waals surface area (Å²) < 4.78 is 30.7. The summed E-state index contributed by atoms with van der Waals surface area (Å²) in [6, 6.07) is 6.83. The molecule has 1 aliphatic rings. The van der Waals surface area contributed by atoms with E-state index in [0.717, 1.165) is 12.7 Å². The van der Waals surface area contributed by atoms with Gasteiger partial charge in [0.25, 0.3) is 5.91 Å². The SMILES string of the molecule is CC[C@@H](C)NC(=O)[C@H]1CN(S(C)(=O)=O)c2ccccc2O1. The predicted molar refractivity (Wildman–Crippen MR) is 80.9 cm³/mol. The molecule has 2 rings (SSSR count). The van der Waals surface area contributed by atoms with Crippen molar-refractivity contribution in [2.45, 2.75) is 32.4 Å². The third-order valence-electron chi connectivity index (χ3n) is 3.43. The minimum absolute atomic E-state index is 0.0158. The fraction of sp³-hybridized carbons (Fsp3) is 0.500. The molecule has 1 aromatic rings. The maximum atomic E-state index is 12.2. The van der Waals surface area contributed by atoms with Crippen LogP contribution in [0.1, 0.15) is 20.3 Å². The van der Waals surface area contributed by atoms with Crippen LogP contribution in [-0.2, 0) is 14.8 Å². The molecule has 0 saturated heterocycles. The van der Waals surface area contributed by atoms with Gasteiger partial charge >= 0.3 is 0 Å². The van der Waals surface area contributed by atoms with Crippen LogP contribution < -0.4 is 14.4 Å². The molecule has 0 spiro atoms. The first-order valence-corrected chi connectivity index (χ1v) is 8.71. The number of hydrogen-bond acceptors (Lipinski definition) is 4. The van der Waals surface area contributed by atoms with Crippen molar-refractivity contribution in [1.82, 2.24) is 5.32 Å². The topological polar surface area (TPSA) is 75.7 Å². The average Bonchev–Trinajstić information content (AvgIpc) is 2.44. The van der Waals surface area contributed by atoms with Gasteiger partial charge < -0.3 is 10.1 Å². The highest BCUT2D eigenvalue weighted by Gasteiger charge is 2.34. The summed E-state index contributed by atoms with van der Waals surface area (Å²) >= 11 is 0. The van der Waals surface area contributed by atoms with Gasteiger partial charge in [-0.1, -0.05) is 19.1 Å². The smallest absolute Gasteiger partial charge is 0.263 e. The first kappa shape index (κ1) is 15.6. The van der Waals surface area contributed by atoms with Crippen LogP contribution >= 0.6 is 0 Å². The first-order valence-electron chi connectivity index (χ1n) is 6.86. The Labute approximate surface area is 125 Å². The molecule has 0 saturated carbocycles. The lowest BCUT2D eigenvalue weighted by Crippen LogP contribution is -2.51. The van der Waals surface area contributed by atoms with E-state index in [0.29, 0.717) is 11.4 Å². The molecule has 0 radical (unpaired) electrons. The lowest BCUT2D eigenvalue weighted by molar-refractivity contribution is -0.128. The first-order chi connectivity index (χ1) is 9.82. The van der Waals surface area contributed by atoms with Gasteiger partial charge in [-0.3, -0.25) is 9.10 Å². The predicted octanol–water partition coefficient (Wildman–Crippen LogP) is 1.13. The lowest BCUT2D eigenvalue weighted by Gasteiger charge is -2.34. The van der Waals surface area contributed by atoms with Crippen molar-refractivity contribution in [1.29, 1.82) is 0 Å². The Bertz CT molecular complexity index is 630. The highest BCUT2D eigenvalue weighted by atomic mass is 32.2. The van der Waals surface area contributed by atoms with Crippen molar-refractivity contribution >= 4 is 21.6 Å². The largest absolute Gasteiger partial charge is 0.476 e. The molecule has 0 aliphatic carbocycles. The van der Waals surface area contributed by atoms with Crippen LogP contribution in [0.3, 0.4) is 0 Å². The Morgan fingerprint density at radius 3 is 2.76 bits per heavy atom. The van der Waals surface area contributed by atoms with Crippen LogP contribution in [-0.4, -0.2) is 39.3 Å². The van der Waals surface area contributed by atoms with Crippen LogP contribution in [0.15, 0.2) is 24.3 Å². The number of sulfonamides is 1. The Kier molecular flexibility index (Phi) is 4.41. The molecular formula is C14H20N2O4S. The van der Waals surface area contributed by atoms with Gasteiger partial charge in [0.1, 0.15) is 5.75 Å². The molecule has 1 amide bonds. The summed E-state index contributed by atoms with van der Waals surface area (Å²) in [5, 5.41) is 2.82. The van der Waals surface area contributed by atoms with Crippen LogP contribution in [0, 0.1) is 0 Å². The Balaban J connectivity index is 2.28. The van der Waals surface area contributed by atoms with Gasteiger partial charge in [0.15, 0.2) is 6.10 Å². The van der Waals surface area contributed by atoms with E-state index in [4.69, 9.17) is 4.74 Å². The standard InChI is InChI=1S/C14H20N2O4S/c1-4-10(2)15-14(17)13-9-16(21(3,18)19)11-7-5-6-8-12(11)20-13/h5-8,10,13H,4,9H2,1-3H3,(H,15,17)/t10-,13-/m1/s1. The summed E-state index contributed by atoms with van der Waals surface area (Å²) in [4.78, 5) is 12.2. The molecule has 116 valence electrons. The average molecular weight is 312 g/mol. The fourth-order valence-corrected chi connectivity index (χ4v) is 3.00. The zero-order valence-corrected chi connectivity index (χ0v) is 13.2. The van der Waals surface area contributed by atoms with Gasteiger partial charge in [-0.25, -0.2) is 8.42 Å². The van der Waals surface area contributed by atoms with Crippen molar-refractivity contribution in [3.05, 3.63) is 24.3 Å². The molecule has 7 heteroatoms. The van der Waals surface area contributed by atoms with Crippen molar-refractivity contribution in [2.75, 3.05) is 17.1 Å². The summed E-state index contributed by atoms with van der Waals surface area (Å²) in [6.45, 7) is 3.84. The maximum absolute atomic E-state index is 12.2. The minimum atomic E-state index is -3.47. The number of nitrogens with one attached hydrogen (secondary N) is 1. The Morgan fingerprint density at radius 2 is 2.14 bits per heavy atom. The van der Waals surface area contributed by atoms with Crippen molar-refractivity contribution in [3.8, 4) is 5.75 Å². The van der Waals surface area contributed by atoms with E-state index in [2.05, 4.69) is 5.32 Å². The van der Waals surface area contributed by atoms with Crippen molar-refractivity contribution < 1.29 is 17.9 Å². The zero-order valence-electron chi connectivity index (χ0n) is 12.4. The molecule has 1 N–H and O–H groups in total. The van der Waals surface area contributed by atoms with Crippen LogP contribution in [0.5, 0.6) is 5.75 Å². The monoisotopic (exact) mass is 312 g/mol. The van der Waals surface area contributed by atoms with Crippen LogP contribution in [0.2, 0.25) is 0 Å². The molecule has 1 aliphatic heterocycles. The normalized spacial score (nSPS) is 19.4. The second-order valence-corrected chi connectivity index (χ2v) is 7.09. The number of fused-ring (bicyclic) bond motifs is 1. The maximum Gasteiger partial charge on any atom is 0.263 e. The molecule has 2 atom stereocenters. The molecule has 0 bridgehead atoms. The lowest BCUT2D eigenvalue weighted by atomic mass is 10.2. The molecule has 0 fully saturated rings. The highest BCUT2D eigenvalue weighted by Crippen LogP contribution is 2.34. The number of carbonyl (C=O) groups excluding carboxylic acids is 1. The van der Waals surface area contributed by atoms with E-state index < -0.39 is 16.1 Å². The number of benzene rings is 1. The number of carbonyl (C=O) groups is 1. The Hall–Kier alpha value is -1.76. The number of nitrogens with zero attached hydrogens (tertiary/aromatic N) is 1. The van der Waals surface area contributed by atoms with Gasteiger partial charge in [0.05, 0.1) is 18.5 Å². The van der Waals surface area contributed by atoms with E-state index in [9.17, 15) is 13.2 Å². The molecule has 21 heavy (non-hydrogen) atoms. The fourth-order valence-electron chi connectivity index (χ4n) is 2.09. The molecule has 1 heterocycles. The summed E-state index contributed by atoms with van der Waals surface area (Å²) in [7, 11) is -3.47. The second-order valence-electron chi connectivity index (χ2n) is 5.19. The highest BCUT2D eigenvalue weighted by molar-refractivity contribution is 7.92. The number of anilines is 1. The molecule has 1 aromatic carbocycles. The van der Waals surface area contributed by atoms with E-state index in [1.165, 1.54) is 4.31 Å². The number of rotatable bonds is 4. The van der Waals surface area contributed by atoms with E-state index >= 15 is 0 Å².